The first-order valence-electron chi connectivity index (χ1n) is 6.68. The summed E-state index contributed by atoms with van der Waals surface area (Å²) in [6.45, 7) is 7.73. The molecule has 0 bridgehead atoms. The highest BCUT2D eigenvalue weighted by Gasteiger charge is 2.12. The van der Waals surface area contributed by atoms with Crippen LogP contribution in [0.2, 0.25) is 0 Å². The van der Waals surface area contributed by atoms with Crippen molar-refractivity contribution >= 4 is 17.5 Å². The largest absolute Gasteiger partial charge is 0.301 e. The third-order valence-corrected chi connectivity index (χ3v) is 4.20. The van der Waals surface area contributed by atoms with E-state index in [1.807, 2.05) is 32.9 Å². The second-order valence-electron chi connectivity index (χ2n) is 5.16. The number of carbonyl (C=O) groups excluding carboxylic acids is 1. The van der Waals surface area contributed by atoms with E-state index < -0.39 is 0 Å². The number of aromatic amines is 1. The van der Waals surface area contributed by atoms with Gasteiger partial charge in [0.15, 0.2) is 10.9 Å². The van der Waals surface area contributed by atoms with E-state index in [-0.39, 0.29) is 17.1 Å². The fraction of sp³-hybridized carbons (Fsp3) is 0.312. The topological polar surface area (TPSA) is 62.8 Å². The van der Waals surface area contributed by atoms with E-state index in [0.29, 0.717) is 10.9 Å². The van der Waals surface area contributed by atoms with Crippen LogP contribution >= 0.6 is 11.8 Å². The van der Waals surface area contributed by atoms with Gasteiger partial charge in [-0.1, -0.05) is 17.8 Å². The molecule has 5 heteroatoms. The maximum atomic E-state index is 12.3. The predicted octanol–water partition coefficient (Wildman–Crippen LogP) is 2.98. The van der Waals surface area contributed by atoms with Crippen molar-refractivity contribution in [2.24, 2.45) is 0 Å². The van der Waals surface area contributed by atoms with Crippen LogP contribution < -0.4 is 5.56 Å². The predicted molar refractivity (Wildman–Crippen MR) is 85.3 cm³/mol. The lowest BCUT2D eigenvalue weighted by molar-refractivity contribution is 0.102. The van der Waals surface area contributed by atoms with Gasteiger partial charge in [-0.2, -0.15) is 0 Å². The molecule has 0 fully saturated rings. The number of benzene rings is 1. The lowest BCUT2D eigenvalue weighted by atomic mass is 9.99. The zero-order valence-corrected chi connectivity index (χ0v) is 13.4. The molecule has 0 atom stereocenters. The van der Waals surface area contributed by atoms with Crippen molar-refractivity contribution in [3.63, 3.8) is 0 Å². The molecule has 4 nitrogen and oxygen atoms in total. The van der Waals surface area contributed by atoms with Gasteiger partial charge in [-0.3, -0.25) is 9.59 Å². The van der Waals surface area contributed by atoms with E-state index in [2.05, 4.69) is 9.97 Å². The monoisotopic (exact) mass is 302 g/mol. The Morgan fingerprint density at radius 3 is 2.43 bits per heavy atom. The first kappa shape index (κ1) is 15.5. The van der Waals surface area contributed by atoms with Gasteiger partial charge in [0.05, 0.1) is 5.75 Å². The number of aryl methyl sites for hydroxylation is 4. The number of hydrogen-bond acceptors (Lipinski definition) is 4. The number of nitrogens with one attached hydrogen (secondary N) is 1. The minimum Gasteiger partial charge on any atom is -0.301 e. The number of thioether (sulfide) groups is 1. The van der Waals surface area contributed by atoms with Gasteiger partial charge in [0.25, 0.3) is 5.56 Å². The molecular weight excluding hydrogens is 284 g/mol. The summed E-state index contributed by atoms with van der Waals surface area (Å²) in [4.78, 5) is 30.5. The van der Waals surface area contributed by atoms with E-state index in [0.717, 1.165) is 16.7 Å². The zero-order chi connectivity index (χ0) is 15.6. The maximum absolute atomic E-state index is 12.3. The van der Waals surface area contributed by atoms with Crippen LogP contribution in [-0.2, 0) is 0 Å². The summed E-state index contributed by atoms with van der Waals surface area (Å²) in [6.07, 6.45) is 0. The normalized spacial score (nSPS) is 10.7. The Kier molecular flexibility index (Phi) is 4.63. The summed E-state index contributed by atoms with van der Waals surface area (Å²) in [7, 11) is 0. The van der Waals surface area contributed by atoms with Crippen molar-refractivity contribution in [1.82, 2.24) is 9.97 Å². The van der Waals surface area contributed by atoms with Crippen molar-refractivity contribution in [1.29, 1.82) is 0 Å². The number of Topliss-reactive ketones (excluding diaryl/α,β-unsaturated/α-hetero) is 1. The van der Waals surface area contributed by atoms with E-state index in [1.165, 1.54) is 23.4 Å². The molecule has 0 aliphatic heterocycles. The highest BCUT2D eigenvalue weighted by Crippen LogP contribution is 2.19. The number of hydrogen-bond donors (Lipinski definition) is 1. The smallest absolute Gasteiger partial charge is 0.251 e. The number of nitrogens with zero attached hydrogens (tertiary/aromatic N) is 1. The number of aromatic nitrogens is 2. The van der Waals surface area contributed by atoms with E-state index in [9.17, 15) is 9.59 Å². The molecule has 0 aliphatic rings. The maximum Gasteiger partial charge on any atom is 0.251 e. The molecule has 2 rings (SSSR count). The Hall–Kier alpha value is -1.88. The molecule has 110 valence electrons. The Labute approximate surface area is 128 Å². The molecule has 0 spiro atoms. The lowest BCUT2D eigenvalue weighted by Gasteiger charge is -2.08. The summed E-state index contributed by atoms with van der Waals surface area (Å²) < 4.78 is 0. The molecule has 0 unspecified atom stereocenters. The average Bonchev–Trinajstić information content (AvgIpc) is 2.39. The summed E-state index contributed by atoms with van der Waals surface area (Å²) in [5.41, 5.74) is 4.46. The third-order valence-electron chi connectivity index (χ3n) is 3.33. The van der Waals surface area contributed by atoms with Gasteiger partial charge in [-0.05, 0) is 50.5 Å². The Morgan fingerprint density at radius 2 is 1.76 bits per heavy atom. The van der Waals surface area contributed by atoms with Gasteiger partial charge in [0, 0.05) is 17.3 Å². The zero-order valence-electron chi connectivity index (χ0n) is 12.6. The number of H-pyrrole nitrogens is 1. The highest BCUT2D eigenvalue weighted by molar-refractivity contribution is 7.99. The molecule has 0 aliphatic carbocycles. The van der Waals surface area contributed by atoms with Gasteiger partial charge < -0.3 is 4.98 Å². The fourth-order valence-electron chi connectivity index (χ4n) is 2.09. The molecule has 1 aromatic carbocycles. The Morgan fingerprint density at radius 1 is 1.10 bits per heavy atom. The van der Waals surface area contributed by atoms with E-state index in [1.54, 1.807) is 6.92 Å². The number of ketones is 1. The van der Waals surface area contributed by atoms with Crippen LogP contribution in [0.1, 0.15) is 32.7 Å². The van der Waals surface area contributed by atoms with Gasteiger partial charge in [-0.15, -0.1) is 0 Å². The van der Waals surface area contributed by atoms with Crippen molar-refractivity contribution in [3.8, 4) is 0 Å². The Bertz CT molecular complexity index is 750. The summed E-state index contributed by atoms with van der Waals surface area (Å²) in [5, 5.41) is 0.481. The highest BCUT2D eigenvalue weighted by atomic mass is 32.2. The van der Waals surface area contributed by atoms with Crippen molar-refractivity contribution < 1.29 is 4.79 Å². The van der Waals surface area contributed by atoms with Crippen molar-refractivity contribution in [2.75, 3.05) is 5.75 Å². The molecular formula is C16H18N2O2S. The van der Waals surface area contributed by atoms with Crippen molar-refractivity contribution in [2.45, 2.75) is 32.9 Å². The van der Waals surface area contributed by atoms with Crippen LogP contribution in [0.5, 0.6) is 0 Å². The average molecular weight is 302 g/mol. The second kappa shape index (κ2) is 6.26. The first-order valence-corrected chi connectivity index (χ1v) is 7.67. The Balaban J connectivity index is 2.15. The third kappa shape index (κ3) is 3.82. The van der Waals surface area contributed by atoms with Crippen LogP contribution in [0.25, 0.3) is 0 Å². The van der Waals surface area contributed by atoms with Crippen molar-refractivity contribution in [3.05, 3.63) is 56.5 Å². The molecule has 2 aromatic rings. The number of rotatable bonds is 4. The molecule has 0 radical (unpaired) electrons. The second-order valence-corrected chi connectivity index (χ2v) is 6.12. The van der Waals surface area contributed by atoms with Crippen LogP contribution in [0.15, 0.2) is 28.2 Å². The standard InChI is InChI=1S/C16H18N2O2S/c1-9-5-11(3)13(6-10(9)2)14(19)8-21-16-17-12(4)7-15(20)18-16/h5-7H,8H2,1-4H3,(H,17,18,20). The van der Waals surface area contributed by atoms with Crippen LogP contribution in [0.3, 0.4) is 0 Å². The molecule has 1 N–H and O–H groups in total. The van der Waals surface area contributed by atoms with Crippen LogP contribution in [-0.4, -0.2) is 21.5 Å². The molecule has 1 heterocycles. The molecule has 0 saturated heterocycles. The molecule has 21 heavy (non-hydrogen) atoms. The minimum absolute atomic E-state index is 0.0461. The van der Waals surface area contributed by atoms with Crippen LogP contribution in [0, 0.1) is 27.7 Å². The molecule has 0 amide bonds. The van der Waals surface area contributed by atoms with Gasteiger partial charge in [-0.25, -0.2) is 4.98 Å². The van der Waals surface area contributed by atoms with Gasteiger partial charge in [0.2, 0.25) is 0 Å². The quantitative estimate of drug-likeness (QED) is 0.536. The van der Waals surface area contributed by atoms with Gasteiger partial charge in [0.1, 0.15) is 0 Å². The summed E-state index contributed by atoms with van der Waals surface area (Å²) in [5.74, 6) is 0.306. The molecule has 1 aromatic heterocycles. The van der Waals surface area contributed by atoms with E-state index >= 15 is 0 Å². The lowest BCUT2D eigenvalue weighted by Crippen LogP contribution is -2.10. The van der Waals surface area contributed by atoms with Gasteiger partial charge >= 0.3 is 0 Å². The van der Waals surface area contributed by atoms with Crippen LogP contribution in [0.4, 0.5) is 0 Å². The summed E-state index contributed by atoms with van der Waals surface area (Å²) in [6, 6.07) is 5.39. The summed E-state index contributed by atoms with van der Waals surface area (Å²) >= 11 is 1.25. The number of carbonyl (C=O) groups is 1. The minimum atomic E-state index is -0.195. The SMILES string of the molecule is Cc1cc(=O)[nH]c(SCC(=O)c2cc(C)c(C)cc2C)n1. The van der Waals surface area contributed by atoms with E-state index in [4.69, 9.17) is 0 Å². The fourth-order valence-corrected chi connectivity index (χ4v) is 2.90. The molecule has 0 saturated carbocycles. The first-order chi connectivity index (χ1) is 9.86.